The Labute approximate surface area is 127 Å². The molecule has 0 aliphatic heterocycles. The van der Waals surface area contributed by atoms with Crippen LogP contribution in [0.25, 0.3) is 0 Å². The van der Waals surface area contributed by atoms with Crippen LogP contribution in [0.15, 0.2) is 30.3 Å². The summed E-state index contributed by atoms with van der Waals surface area (Å²) in [4.78, 5) is 14.0. The minimum atomic E-state index is -0.213. The largest absolute Gasteiger partial charge is 0.395 e. The highest BCUT2D eigenvalue weighted by molar-refractivity contribution is 7.17. The number of nitrogens with one attached hydrogen (secondary N) is 1. The molecule has 6 nitrogen and oxygen atoms in total. The van der Waals surface area contributed by atoms with E-state index in [0.717, 1.165) is 12.1 Å². The Balaban J connectivity index is 2.10. The van der Waals surface area contributed by atoms with E-state index in [1.165, 1.54) is 11.3 Å². The van der Waals surface area contributed by atoms with Gasteiger partial charge in [-0.2, -0.15) is 0 Å². The summed E-state index contributed by atoms with van der Waals surface area (Å²) in [7, 11) is 0. The summed E-state index contributed by atoms with van der Waals surface area (Å²) in [6.07, 6.45) is 0. The molecule has 0 bridgehead atoms. The van der Waals surface area contributed by atoms with Crippen LogP contribution in [0.3, 0.4) is 0 Å². The fraction of sp³-hybridized carbons (Fsp3) is 0.357. The number of aliphatic hydroxyl groups is 1. The molecule has 2 rings (SSSR count). The Kier molecular flexibility index (Phi) is 5.65. The molecule has 1 aromatic carbocycles. The summed E-state index contributed by atoms with van der Waals surface area (Å²) in [6, 6.07) is 9.66. The lowest BCUT2D eigenvalue weighted by molar-refractivity contribution is 0.0706. The van der Waals surface area contributed by atoms with E-state index in [0.29, 0.717) is 16.7 Å². The lowest BCUT2D eigenvalue weighted by Crippen LogP contribution is -2.33. The van der Waals surface area contributed by atoms with Crippen molar-refractivity contribution in [2.24, 2.45) is 0 Å². The van der Waals surface area contributed by atoms with Crippen molar-refractivity contribution in [2.45, 2.75) is 13.5 Å². The highest BCUT2D eigenvalue weighted by Crippen LogP contribution is 2.17. The van der Waals surface area contributed by atoms with Gasteiger partial charge in [0.25, 0.3) is 5.91 Å². The second-order valence-corrected chi connectivity index (χ2v) is 5.36. The molecule has 1 heterocycles. The van der Waals surface area contributed by atoms with Crippen molar-refractivity contribution in [1.82, 2.24) is 15.1 Å². The molecular weight excluding hydrogens is 288 g/mol. The number of amides is 1. The summed E-state index contributed by atoms with van der Waals surface area (Å²) >= 11 is 1.22. The van der Waals surface area contributed by atoms with Crippen LogP contribution in [0, 0.1) is 0 Å². The van der Waals surface area contributed by atoms with E-state index in [9.17, 15) is 4.79 Å². The number of anilines is 1. The van der Waals surface area contributed by atoms with E-state index in [2.05, 4.69) is 15.5 Å². The molecule has 0 aliphatic rings. The quantitative estimate of drug-likeness (QED) is 0.812. The lowest BCUT2D eigenvalue weighted by Gasteiger charge is -2.20. The van der Waals surface area contributed by atoms with E-state index in [4.69, 9.17) is 5.11 Å². The number of aromatic nitrogens is 2. The second kappa shape index (κ2) is 7.70. The molecule has 0 radical (unpaired) electrons. The van der Waals surface area contributed by atoms with Gasteiger partial charge in [0.2, 0.25) is 10.1 Å². The third kappa shape index (κ3) is 4.24. The number of nitrogens with zero attached hydrogens (tertiary/aromatic N) is 3. The first-order valence-electron chi connectivity index (χ1n) is 6.76. The standard InChI is InChI=1S/C14H18N4O2S/c1-2-15-14-17-16-12(21-14)13(20)18(8-9-19)10-11-6-4-3-5-7-11/h3-7,19H,2,8-10H2,1H3,(H,15,17). The van der Waals surface area contributed by atoms with Crippen molar-refractivity contribution < 1.29 is 9.90 Å². The van der Waals surface area contributed by atoms with E-state index < -0.39 is 0 Å². The molecule has 21 heavy (non-hydrogen) atoms. The topological polar surface area (TPSA) is 78.4 Å². The zero-order chi connectivity index (χ0) is 15.1. The van der Waals surface area contributed by atoms with Gasteiger partial charge in [0.15, 0.2) is 0 Å². The van der Waals surface area contributed by atoms with Gasteiger partial charge < -0.3 is 15.3 Å². The van der Waals surface area contributed by atoms with Gasteiger partial charge in [-0.1, -0.05) is 41.7 Å². The highest BCUT2D eigenvalue weighted by atomic mass is 32.1. The maximum Gasteiger partial charge on any atom is 0.285 e. The van der Waals surface area contributed by atoms with Crippen molar-refractivity contribution in [3.63, 3.8) is 0 Å². The van der Waals surface area contributed by atoms with Gasteiger partial charge in [-0.15, -0.1) is 10.2 Å². The molecule has 0 unspecified atom stereocenters. The van der Waals surface area contributed by atoms with Crippen LogP contribution < -0.4 is 5.32 Å². The summed E-state index contributed by atoms with van der Waals surface area (Å²) in [5.74, 6) is -0.213. The number of carbonyl (C=O) groups is 1. The van der Waals surface area contributed by atoms with Gasteiger partial charge >= 0.3 is 0 Å². The lowest BCUT2D eigenvalue weighted by atomic mass is 10.2. The Morgan fingerprint density at radius 1 is 1.33 bits per heavy atom. The number of aliphatic hydroxyl groups excluding tert-OH is 1. The first kappa shape index (κ1) is 15.4. The van der Waals surface area contributed by atoms with E-state index in [1.807, 2.05) is 37.3 Å². The molecule has 1 amide bonds. The molecule has 0 saturated heterocycles. The molecule has 2 aromatic rings. The van der Waals surface area contributed by atoms with Gasteiger partial charge in [-0.3, -0.25) is 4.79 Å². The van der Waals surface area contributed by atoms with Crippen LogP contribution in [0.4, 0.5) is 5.13 Å². The zero-order valence-electron chi connectivity index (χ0n) is 11.8. The molecule has 112 valence electrons. The average molecular weight is 306 g/mol. The van der Waals surface area contributed by atoms with Crippen molar-refractivity contribution in [1.29, 1.82) is 0 Å². The monoisotopic (exact) mass is 306 g/mol. The number of benzene rings is 1. The molecule has 7 heteroatoms. The number of carbonyl (C=O) groups excluding carboxylic acids is 1. The third-order valence-corrected chi connectivity index (χ3v) is 3.68. The van der Waals surface area contributed by atoms with Crippen LogP contribution in [0.2, 0.25) is 0 Å². The van der Waals surface area contributed by atoms with Crippen molar-refractivity contribution in [2.75, 3.05) is 25.0 Å². The molecule has 0 spiro atoms. The molecule has 0 fully saturated rings. The molecular formula is C14H18N4O2S. The predicted molar refractivity (Wildman–Crippen MR) is 82.3 cm³/mol. The Morgan fingerprint density at radius 2 is 2.10 bits per heavy atom. The van der Waals surface area contributed by atoms with Crippen LogP contribution in [-0.4, -0.2) is 45.8 Å². The number of hydrogen-bond donors (Lipinski definition) is 2. The number of rotatable bonds is 7. The van der Waals surface area contributed by atoms with Crippen LogP contribution >= 0.6 is 11.3 Å². The van der Waals surface area contributed by atoms with E-state index >= 15 is 0 Å². The van der Waals surface area contributed by atoms with E-state index in [-0.39, 0.29) is 19.1 Å². The molecule has 2 N–H and O–H groups in total. The predicted octanol–water partition coefficient (Wildman–Crippen LogP) is 1.60. The van der Waals surface area contributed by atoms with Crippen molar-refractivity contribution in [3.8, 4) is 0 Å². The Bertz CT molecular complexity index is 573. The van der Waals surface area contributed by atoms with Gasteiger partial charge in [0, 0.05) is 19.6 Å². The maximum absolute atomic E-state index is 12.5. The average Bonchev–Trinajstić information content (AvgIpc) is 2.96. The SMILES string of the molecule is CCNc1nnc(C(=O)N(CCO)Cc2ccccc2)s1. The fourth-order valence-corrected chi connectivity index (χ4v) is 2.62. The first-order valence-corrected chi connectivity index (χ1v) is 7.57. The zero-order valence-corrected chi connectivity index (χ0v) is 12.6. The Morgan fingerprint density at radius 3 is 2.76 bits per heavy atom. The van der Waals surface area contributed by atoms with Crippen LogP contribution in [-0.2, 0) is 6.54 Å². The Hall–Kier alpha value is -1.99. The maximum atomic E-state index is 12.5. The highest BCUT2D eigenvalue weighted by Gasteiger charge is 2.20. The van der Waals surface area contributed by atoms with Crippen LogP contribution in [0.5, 0.6) is 0 Å². The van der Waals surface area contributed by atoms with Gasteiger partial charge in [0.05, 0.1) is 6.61 Å². The molecule has 1 aromatic heterocycles. The minimum Gasteiger partial charge on any atom is -0.395 e. The summed E-state index contributed by atoms with van der Waals surface area (Å²) < 4.78 is 0. The minimum absolute atomic E-state index is 0.0859. The molecule has 0 atom stereocenters. The smallest absolute Gasteiger partial charge is 0.285 e. The van der Waals surface area contributed by atoms with Gasteiger partial charge in [0.1, 0.15) is 0 Å². The molecule has 0 saturated carbocycles. The fourth-order valence-electron chi connectivity index (χ4n) is 1.84. The third-order valence-electron chi connectivity index (χ3n) is 2.81. The van der Waals surface area contributed by atoms with E-state index in [1.54, 1.807) is 4.90 Å². The second-order valence-electron chi connectivity index (χ2n) is 4.38. The first-order chi connectivity index (χ1) is 10.2. The van der Waals surface area contributed by atoms with Gasteiger partial charge in [-0.25, -0.2) is 0 Å². The van der Waals surface area contributed by atoms with Crippen molar-refractivity contribution >= 4 is 22.4 Å². The van der Waals surface area contributed by atoms with Crippen molar-refractivity contribution in [3.05, 3.63) is 40.9 Å². The molecule has 0 aliphatic carbocycles. The normalized spacial score (nSPS) is 10.4. The van der Waals surface area contributed by atoms with Crippen LogP contribution in [0.1, 0.15) is 22.3 Å². The summed E-state index contributed by atoms with van der Waals surface area (Å²) in [6.45, 7) is 3.31. The number of hydrogen-bond acceptors (Lipinski definition) is 6. The van der Waals surface area contributed by atoms with Gasteiger partial charge in [-0.05, 0) is 12.5 Å². The summed E-state index contributed by atoms with van der Waals surface area (Å²) in [5.41, 5.74) is 1.01. The summed E-state index contributed by atoms with van der Waals surface area (Å²) in [5, 5.41) is 21.0.